The van der Waals surface area contributed by atoms with Gasteiger partial charge in [-0.1, -0.05) is 31.7 Å². The molecule has 6 nitrogen and oxygen atoms in total. The van der Waals surface area contributed by atoms with Crippen LogP contribution in [0.25, 0.3) is 11.2 Å². The van der Waals surface area contributed by atoms with Crippen LogP contribution in [0.3, 0.4) is 0 Å². The zero-order valence-electron chi connectivity index (χ0n) is 11.8. The van der Waals surface area contributed by atoms with Gasteiger partial charge in [-0.05, 0) is 6.42 Å². The molecule has 1 N–H and O–H groups in total. The van der Waals surface area contributed by atoms with Crippen molar-refractivity contribution in [2.24, 2.45) is 7.05 Å². The van der Waals surface area contributed by atoms with Crippen LogP contribution in [-0.2, 0) is 13.6 Å². The van der Waals surface area contributed by atoms with E-state index in [0.29, 0.717) is 23.0 Å². The third-order valence-corrected chi connectivity index (χ3v) is 4.42. The van der Waals surface area contributed by atoms with E-state index in [-0.39, 0.29) is 0 Å². The van der Waals surface area contributed by atoms with Crippen molar-refractivity contribution in [3.63, 3.8) is 0 Å². The maximum atomic E-state index is 12.0. The van der Waals surface area contributed by atoms with Crippen LogP contribution in [0.15, 0.2) is 27.4 Å². The quantitative estimate of drug-likeness (QED) is 0.670. The van der Waals surface area contributed by atoms with Crippen molar-refractivity contribution in [1.29, 1.82) is 0 Å². The van der Waals surface area contributed by atoms with Crippen LogP contribution in [0.5, 0.6) is 0 Å². The number of imidazole rings is 1. The van der Waals surface area contributed by atoms with E-state index in [1.165, 1.54) is 4.57 Å². The van der Waals surface area contributed by atoms with Crippen molar-refractivity contribution >= 4 is 22.9 Å². The number of aromatic nitrogens is 4. The number of hydrogen-bond donors (Lipinski definition) is 1. The third kappa shape index (κ3) is 2.45. The minimum Gasteiger partial charge on any atom is -0.309 e. The number of H-pyrrole nitrogens is 1. The average Bonchev–Trinajstić information content (AvgIpc) is 2.76. The highest BCUT2D eigenvalue weighted by Gasteiger charge is 2.18. The van der Waals surface area contributed by atoms with E-state index < -0.39 is 11.2 Å². The Bertz CT molecular complexity index is 756. The maximum absolute atomic E-state index is 12.0. The molecule has 2 aromatic rings. The van der Waals surface area contributed by atoms with Crippen LogP contribution < -0.4 is 11.2 Å². The van der Waals surface area contributed by atoms with Gasteiger partial charge in [0.2, 0.25) is 0 Å². The van der Waals surface area contributed by atoms with Crippen molar-refractivity contribution in [1.82, 2.24) is 19.1 Å². The Kier molecular flexibility index (Phi) is 4.17. The number of hydrogen-bond acceptors (Lipinski definition) is 4. The number of fused-ring (bicyclic) bond motifs is 1. The lowest BCUT2D eigenvalue weighted by molar-refractivity contribution is 0.740. The molecular weight excluding hydrogens is 276 g/mol. The summed E-state index contributed by atoms with van der Waals surface area (Å²) in [5.41, 5.74) is -0.0384. The molecule has 7 heteroatoms. The number of allylic oxidation sites excluding steroid dienone is 1. The van der Waals surface area contributed by atoms with Gasteiger partial charge in [0.25, 0.3) is 5.56 Å². The van der Waals surface area contributed by atoms with E-state index in [1.807, 2.05) is 0 Å². The molecule has 0 aliphatic carbocycles. The lowest BCUT2D eigenvalue weighted by atomic mass is 10.4. The van der Waals surface area contributed by atoms with Crippen molar-refractivity contribution in [3.05, 3.63) is 33.5 Å². The average molecular weight is 294 g/mol. The van der Waals surface area contributed by atoms with Crippen LogP contribution in [0.1, 0.15) is 20.3 Å². The molecule has 0 saturated heterocycles. The molecule has 0 fully saturated rings. The van der Waals surface area contributed by atoms with E-state index >= 15 is 0 Å². The molecular formula is C13H18N4O2S. The summed E-state index contributed by atoms with van der Waals surface area (Å²) in [6, 6.07) is 0. The Labute approximate surface area is 120 Å². The molecule has 0 saturated carbocycles. The SMILES string of the molecule is C=CCn1c(S[C@H](C)CC)nc2c1c(=O)[nH]c(=O)n2C. The summed E-state index contributed by atoms with van der Waals surface area (Å²) in [6.45, 7) is 8.40. The van der Waals surface area contributed by atoms with Gasteiger partial charge in [0.05, 0.1) is 0 Å². The third-order valence-electron chi connectivity index (χ3n) is 3.17. The van der Waals surface area contributed by atoms with Crippen molar-refractivity contribution < 1.29 is 0 Å². The van der Waals surface area contributed by atoms with Gasteiger partial charge in [0.1, 0.15) is 0 Å². The fraction of sp³-hybridized carbons (Fsp3) is 0.462. The van der Waals surface area contributed by atoms with Crippen LogP contribution >= 0.6 is 11.8 Å². The first-order chi connectivity index (χ1) is 9.49. The Balaban J connectivity index is 2.75. The van der Waals surface area contributed by atoms with Crippen LogP contribution in [-0.4, -0.2) is 24.4 Å². The lowest BCUT2D eigenvalue weighted by Gasteiger charge is -2.09. The van der Waals surface area contributed by atoms with Crippen molar-refractivity contribution in [2.75, 3.05) is 0 Å². The molecule has 0 aromatic carbocycles. The minimum absolute atomic E-state index is 0.381. The summed E-state index contributed by atoms with van der Waals surface area (Å²) in [5, 5.41) is 1.12. The summed E-state index contributed by atoms with van der Waals surface area (Å²) in [7, 11) is 1.60. The number of aryl methyl sites for hydroxylation is 1. The van der Waals surface area contributed by atoms with Crippen LogP contribution in [0.2, 0.25) is 0 Å². The Hall–Kier alpha value is -1.76. The van der Waals surface area contributed by atoms with Gasteiger partial charge in [-0.25, -0.2) is 9.78 Å². The molecule has 0 amide bonds. The molecule has 2 aromatic heterocycles. The van der Waals surface area contributed by atoms with Gasteiger partial charge in [0, 0.05) is 18.8 Å². The van der Waals surface area contributed by atoms with Gasteiger partial charge in [-0.15, -0.1) is 6.58 Å². The standard InChI is InChI=1S/C13H18N4O2S/c1-5-7-17-9-10(14-13(17)20-8(3)6-2)16(4)12(19)15-11(9)18/h5,8H,1,6-7H2,2-4H3,(H,15,18,19)/t8-/m1/s1. The van der Waals surface area contributed by atoms with Crippen molar-refractivity contribution in [3.8, 4) is 0 Å². The van der Waals surface area contributed by atoms with E-state index in [0.717, 1.165) is 11.6 Å². The topological polar surface area (TPSA) is 72.7 Å². The molecule has 20 heavy (non-hydrogen) atoms. The zero-order valence-corrected chi connectivity index (χ0v) is 12.7. The Morgan fingerprint density at radius 1 is 1.50 bits per heavy atom. The smallest absolute Gasteiger partial charge is 0.309 e. The molecule has 0 spiro atoms. The zero-order chi connectivity index (χ0) is 14.9. The fourth-order valence-corrected chi connectivity index (χ4v) is 2.83. The highest BCUT2D eigenvalue weighted by molar-refractivity contribution is 7.99. The lowest BCUT2D eigenvalue weighted by Crippen LogP contribution is -2.29. The molecule has 0 unspecified atom stereocenters. The van der Waals surface area contributed by atoms with E-state index in [2.05, 4.69) is 30.4 Å². The van der Waals surface area contributed by atoms with E-state index in [1.54, 1.807) is 29.5 Å². The van der Waals surface area contributed by atoms with Gasteiger partial charge >= 0.3 is 5.69 Å². The molecule has 1 atom stereocenters. The van der Waals surface area contributed by atoms with Gasteiger partial charge in [-0.3, -0.25) is 14.3 Å². The largest absolute Gasteiger partial charge is 0.329 e. The summed E-state index contributed by atoms with van der Waals surface area (Å²) in [5.74, 6) is 0. The molecule has 0 aliphatic heterocycles. The fourth-order valence-electron chi connectivity index (χ4n) is 1.87. The predicted octanol–water partition coefficient (Wildman–Crippen LogP) is 1.50. The molecule has 2 rings (SSSR count). The minimum atomic E-state index is -0.453. The molecule has 0 aliphatic rings. The van der Waals surface area contributed by atoms with E-state index in [4.69, 9.17) is 0 Å². The second-order valence-corrected chi connectivity index (χ2v) is 6.03. The molecule has 2 heterocycles. The first-order valence-corrected chi connectivity index (χ1v) is 7.34. The number of aromatic amines is 1. The van der Waals surface area contributed by atoms with Crippen molar-refractivity contribution in [2.45, 2.75) is 37.2 Å². The first kappa shape index (κ1) is 14.6. The molecule has 108 valence electrons. The summed E-state index contributed by atoms with van der Waals surface area (Å²) < 4.78 is 3.16. The van der Waals surface area contributed by atoms with Gasteiger partial charge in [-0.2, -0.15) is 0 Å². The molecule has 0 radical (unpaired) electrons. The van der Waals surface area contributed by atoms with Gasteiger partial charge in [0.15, 0.2) is 16.3 Å². The highest BCUT2D eigenvalue weighted by atomic mass is 32.2. The number of nitrogens with one attached hydrogen (secondary N) is 1. The number of rotatable bonds is 5. The first-order valence-electron chi connectivity index (χ1n) is 6.46. The monoisotopic (exact) mass is 294 g/mol. The summed E-state index contributed by atoms with van der Waals surface area (Å²) in [4.78, 5) is 30.5. The highest BCUT2D eigenvalue weighted by Crippen LogP contribution is 2.26. The predicted molar refractivity (Wildman–Crippen MR) is 81.4 cm³/mol. The Morgan fingerprint density at radius 3 is 2.80 bits per heavy atom. The van der Waals surface area contributed by atoms with Crippen LogP contribution in [0, 0.1) is 0 Å². The number of thioether (sulfide) groups is 1. The normalized spacial score (nSPS) is 12.8. The molecule has 0 bridgehead atoms. The van der Waals surface area contributed by atoms with Gasteiger partial charge < -0.3 is 4.57 Å². The summed E-state index contributed by atoms with van der Waals surface area (Å²) in [6.07, 6.45) is 2.71. The number of nitrogens with zero attached hydrogens (tertiary/aromatic N) is 3. The second-order valence-electron chi connectivity index (χ2n) is 4.62. The summed E-state index contributed by atoms with van der Waals surface area (Å²) >= 11 is 1.60. The second kappa shape index (κ2) is 5.70. The van der Waals surface area contributed by atoms with E-state index in [9.17, 15) is 9.59 Å². The maximum Gasteiger partial charge on any atom is 0.329 e. The Morgan fingerprint density at radius 2 is 2.20 bits per heavy atom. The van der Waals surface area contributed by atoms with Crippen LogP contribution in [0.4, 0.5) is 0 Å².